The first-order chi connectivity index (χ1) is 12.0. The average molecular weight is 379 g/mol. The van der Waals surface area contributed by atoms with Crippen molar-refractivity contribution < 1.29 is 18.0 Å². The normalized spacial score (nSPS) is 13.3. The van der Waals surface area contributed by atoms with E-state index >= 15 is 0 Å². The molecule has 0 saturated heterocycles. The standard InChI is InChI=1S/C20H20F3NOS/c1-19(2,3)15-11-9-14(10-12-15)18(24)26-16(17(25)20(21,22)23)13-7-5-4-6-8-13/h4-12,16,24H,1-3H3/t16-/m1/s1. The number of halogens is 3. The smallest absolute Gasteiger partial charge is 0.293 e. The van der Waals surface area contributed by atoms with Crippen LogP contribution < -0.4 is 0 Å². The van der Waals surface area contributed by atoms with Crippen LogP contribution in [0, 0.1) is 5.41 Å². The van der Waals surface area contributed by atoms with Crippen LogP contribution in [-0.2, 0) is 10.2 Å². The van der Waals surface area contributed by atoms with E-state index in [0.29, 0.717) is 17.3 Å². The van der Waals surface area contributed by atoms with E-state index in [0.717, 1.165) is 5.56 Å². The number of Topliss-reactive ketones (excluding diaryl/α,β-unsaturated/α-hetero) is 1. The molecule has 2 aromatic carbocycles. The molecule has 0 heterocycles. The van der Waals surface area contributed by atoms with Gasteiger partial charge in [-0.1, -0.05) is 87.1 Å². The van der Waals surface area contributed by atoms with Crippen molar-refractivity contribution in [1.82, 2.24) is 0 Å². The maximum Gasteiger partial charge on any atom is 0.451 e. The van der Waals surface area contributed by atoms with Crippen molar-refractivity contribution in [1.29, 1.82) is 5.41 Å². The van der Waals surface area contributed by atoms with E-state index in [-0.39, 0.29) is 16.0 Å². The summed E-state index contributed by atoms with van der Waals surface area (Å²) in [4.78, 5) is 11.9. The van der Waals surface area contributed by atoms with Gasteiger partial charge in [-0.25, -0.2) is 0 Å². The van der Waals surface area contributed by atoms with Crippen molar-refractivity contribution in [2.75, 3.05) is 0 Å². The van der Waals surface area contributed by atoms with Gasteiger partial charge in [0.05, 0.1) is 5.04 Å². The molecule has 0 radical (unpaired) electrons. The average Bonchev–Trinajstić information content (AvgIpc) is 2.58. The number of carbonyl (C=O) groups is 1. The number of ketones is 1. The molecule has 2 rings (SSSR count). The second-order valence-corrected chi connectivity index (χ2v) is 8.04. The minimum Gasteiger partial charge on any atom is -0.293 e. The predicted octanol–water partition coefficient (Wildman–Crippen LogP) is 5.92. The molecule has 0 spiro atoms. The third-order valence-corrected chi connectivity index (χ3v) is 5.06. The molecule has 0 aliphatic rings. The van der Waals surface area contributed by atoms with Crippen LogP contribution in [0.3, 0.4) is 0 Å². The first-order valence-corrected chi connectivity index (χ1v) is 8.90. The molecular weight excluding hydrogens is 359 g/mol. The van der Waals surface area contributed by atoms with Crippen LogP contribution in [0.5, 0.6) is 0 Å². The first kappa shape index (κ1) is 20.2. The van der Waals surface area contributed by atoms with Crippen molar-refractivity contribution in [3.05, 3.63) is 71.3 Å². The van der Waals surface area contributed by atoms with Crippen molar-refractivity contribution >= 4 is 22.6 Å². The summed E-state index contributed by atoms with van der Waals surface area (Å²) in [5, 5.41) is 6.61. The molecule has 0 bridgehead atoms. The Morgan fingerprint density at radius 1 is 0.962 bits per heavy atom. The number of nitrogens with one attached hydrogen (secondary N) is 1. The summed E-state index contributed by atoms with van der Waals surface area (Å²) >= 11 is 0.613. The van der Waals surface area contributed by atoms with Crippen LogP contribution in [0.15, 0.2) is 54.6 Å². The van der Waals surface area contributed by atoms with Crippen LogP contribution >= 0.6 is 11.8 Å². The van der Waals surface area contributed by atoms with Gasteiger partial charge in [0.2, 0.25) is 0 Å². The second kappa shape index (κ2) is 7.66. The Labute approximate surface area is 155 Å². The zero-order valence-electron chi connectivity index (χ0n) is 14.7. The third kappa shape index (κ3) is 4.97. The zero-order chi connectivity index (χ0) is 19.5. The lowest BCUT2D eigenvalue weighted by atomic mass is 9.87. The highest BCUT2D eigenvalue weighted by molar-refractivity contribution is 8.15. The van der Waals surface area contributed by atoms with E-state index in [1.807, 2.05) is 12.1 Å². The molecule has 0 amide bonds. The van der Waals surface area contributed by atoms with Gasteiger partial charge in [0.15, 0.2) is 0 Å². The summed E-state index contributed by atoms with van der Waals surface area (Å²) in [6.07, 6.45) is -4.95. The summed E-state index contributed by atoms with van der Waals surface area (Å²) in [7, 11) is 0. The van der Waals surface area contributed by atoms with Crippen molar-refractivity contribution in [2.24, 2.45) is 0 Å². The molecular formula is C20H20F3NOS. The highest BCUT2D eigenvalue weighted by atomic mass is 32.2. The van der Waals surface area contributed by atoms with E-state index in [9.17, 15) is 18.0 Å². The first-order valence-electron chi connectivity index (χ1n) is 8.02. The van der Waals surface area contributed by atoms with Crippen molar-refractivity contribution in [2.45, 2.75) is 37.6 Å². The van der Waals surface area contributed by atoms with E-state index in [1.165, 1.54) is 12.1 Å². The Morgan fingerprint density at radius 2 is 1.50 bits per heavy atom. The summed E-state index contributed by atoms with van der Waals surface area (Å²) in [6.45, 7) is 6.15. The minimum atomic E-state index is -4.95. The highest BCUT2D eigenvalue weighted by Crippen LogP contribution is 2.38. The van der Waals surface area contributed by atoms with Crippen LogP contribution in [0.4, 0.5) is 13.2 Å². The van der Waals surface area contributed by atoms with Gasteiger partial charge < -0.3 is 0 Å². The summed E-state index contributed by atoms with van der Waals surface area (Å²) in [6, 6.07) is 14.9. The number of alkyl halides is 3. The monoisotopic (exact) mass is 379 g/mol. The topological polar surface area (TPSA) is 40.9 Å². The Balaban J connectivity index is 2.28. The summed E-state index contributed by atoms with van der Waals surface area (Å²) in [5.74, 6) is -1.86. The quantitative estimate of drug-likeness (QED) is 0.529. The zero-order valence-corrected chi connectivity index (χ0v) is 15.5. The Kier molecular flexibility index (Phi) is 5.96. The maximum absolute atomic E-state index is 13.0. The van der Waals surface area contributed by atoms with Crippen LogP contribution in [0.2, 0.25) is 0 Å². The molecule has 26 heavy (non-hydrogen) atoms. The number of rotatable bonds is 4. The van der Waals surface area contributed by atoms with Gasteiger partial charge in [-0.2, -0.15) is 13.2 Å². The Morgan fingerprint density at radius 3 is 1.96 bits per heavy atom. The highest BCUT2D eigenvalue weighted by Gasteiger charge is 2.44. The molecule has 0 saturated carbocycles. The number of hydrogen-bond donors (Lipinski definition) is 1. The molecule has 2 nitrogen and oxygen atoms in total. The lowest BCUT2D eigenvalue weighted by Gasteiger charge is -2.20. The number of carbonyl (C=O) groups excluding carboxylic acids is 1. The van der Waals surface area contributed by atoms with Gasteiger partial charge in [-0.15, -0.1) is 0 Å². The largest absolute Gasteiger partial charge is 0.451 e. The van der Waals surface area contributed by atoms with E-state index < -0.39 is 17.2 Å². The van der Waals surface area contributed by atoms with Gasteiger partial charge in [-0.3, -0.25) is 10.2 Å². The fraction of sp³-hybridized carbons (Fsp3) is 0.300. The molecule has 2 aromatic rings. The maximum atomic E-state index is 13.0. The molecule has 0 aliphatic heterocycles. The predicted molar refractivity (Wildman–Crippen MR) is 99.8 cm³/mol. The lowest BCUT2D eigenvalue weighted by molar-refractivity contribution is -0.170. The van der Waals surface area contributed by atoms with E-state index in [4.69, 9.17) is 5.41 Å². The third-order valence-electron chi connectivity index (χ3n) is 3.87. The van der Waals surface area contributed by atoms with Crippen molar-refractivity contribution in [3.8, 4) is 0 Å². The minimum absolute atomic E-state index is 0.0628. The lowest BCUT2D eigenvalue weighted by Crippen LogP contribution is -2.28. The van der Waals surface area contributed by atoms with Gasteiger partial charge in [0, 0.05) is 5.56 Å². The van der Waals surface area contributed by atoms with Crippen molar-refractivity contribution in [3.63, 3.8) is 0 Å². The van der Waals surface area contributed by atoms with E-state index in [1.54, 1.807) is 30.3 Å². The molecule has 1 N–H and O–H groups in total. The van der Waals surface area contributed by atoms with Gasteiger partial charge in [0.25, 0.3) is 5.78 Å². The molecule has 138 valence electrons. The summed E-state index contributed by atoms with van der Waals surface area (Å²) in [5.41, 5.74) is 1.71. The Hall–Kier alpha value is -2.08. The summed E-state index contributed by atoms with van der Waals surface area (Å²) < 4.78 is 39.0. The molecule has 0 aromatic heterocycles. The molecule has 1 atom stereocenters. The van der Waals surface area contributed by atoms with Gasteiger partial charge >= 0.3 is 6.18 Å². The number of thioether (sulfide) groups is 1. The molecule has 6 heteroatoms. The fourth-order valence-electron chi connectivity index (χ4n) is 2.36. The Bertz CT molecular complexity index is 777. The van der Waals surface area contributed by atoms with Gasteiger partial charge in [-0.05, 0) is 16.5 Å². The van der Waals surface area contributed by atoms with Crippen LogP contribution in [0.25, 0.3) is 0 Å². The fourth-order valence-corrected chi connectivity index (χ4v) is 3.40. The van der Waals surface area contributed by atoms with E-state index in [2.05, 4.69) is 20.8 Å². The SMILES string of the molecule is CC(C)(C)c1ccc(C(=N)S[C@@H](C(=O)C(F)(F)F)c2ccccc2)cc1. The number of hydrogen-bond acceptors (Lipinski definition) is 3. The molecule has 0 fully saturated rings. The van der Waals surface area contributed by atoms with Gasteiger partial charge in [0.1, 0.15) is 5.25 Å². The van der Waals surface area contributed by atoms with Crippen LogP contribution in [0.1, 0.15) is 42.7 Å². The molecule has 0 aliphatic carbocycles. The second-order valence-electron chi connectivity index (χ2n) is 6.93. The molecule has 0 unspecified atom stereocenters. The number of benzene rings is 2. The van der Waals surface area contributed by atoms with Crippen LogP contribution in [-0.4, -0.2) is 17.0 Å².